The summed E-state index contributed by atoms with van der Waals surface area (Å²) >= 11 is 6.09. The fraction of sp³-hybridized carbons (Fsp3) is 0.353. The highest BCUT2D eigenvalue weighted by Crippen LogP contribution is 2.24. The third kappa shape index (κ3) is 4.18. The quantitative estimate of drug-likeness (QED) is 0.873. The number of anilines is 1. The molecule has 1 aliphatic rings. The maximum atomic E-state index is 10.8. The Bertz CT molecular complexity index is 746. The van der Waals surface area contributed by atoms with Crippen LogP contribution in [0.3, 0.4) is 0 Å². The van der Waals surface area contributed by atoms with Gasteiger partial charge in [0.1, 0.15) is 11.6 Å². The zero-order valence-corrected chi connectivity index (χ0v) is 14.6. The predicted molar refractivity (Wildman–Crippen MR) is 94.5 cm³/mol. The Morgan fingerprint density at radius 1 is 1.24 bits per heavy atom. The van der Waals surface area contributed by atoms with E-state index in [1.807, 2.05) is 18.2 Å². The molecule has 0 spiro atoms. The van der Waals surface area contributed by atoms with Gasteiger partial charge in [-0.25, -0.2) is 14.8 Å². The summed E-state index contributed by atoms with van der Waals surface area (Å²) in [5, 5.41) is 9.58. The number of methoxy groups -OCH3 is 1. The Morgan fingerprint density at radius 2 is 2.00 bits per heavy atom. The van der Waals surface area contributed by atoms with Crippen molar-refractivity contribution < 1.29 is 14.6 Å². The maximum absolute atomic E-state index is 10.8. The van der Waals surface area contributed by atoms with Crippen molar-refractivity contribution in [1.29, 1.82) is 0 Å². The van der Waals surface area contributed by atoms with Crippen LogP contribution in [0.15, 0.2) is 30.6 Å². The van der Waals surface area contributed by atoms with Crippen molar-refractivity contribution in [3.8, 4) is 5.75 Å². The van der Waals surface area contributed by atoms with Gasteiger partial charge in [0.25, 0.3) is 0 Å². The van der Waals surface area contributed by atoms with E-state index in [2.05, 4.69) is 19.8 Å². The Kier molecular flexibility index (Phi) is 5.35. The molecular weight excluding hydrogens is 344 g/mol. The Morgan fingerprint density at radius 3 is 2.60 bits per heavy atom. The van der Waals surface area contributed by atoms with Crippen molar-refractivity contribution in [3.05, 3.63) is 46.9 Å². The molecule has 0 aliphatic carbocycles. The van der Waals surface area contributed by atoms with Crippen LogP contribution in [-0.2, 0) is 6.54 Å². The number of benzene rings is 1. The molecule has 1 N–H and O–H groups in total. The van der Waals surface area contributed by atoms with Crippen LogP contribution in [0, 0.1) is 0 Å². The molecule has 2 heterocycles. The minimum absolute atomic E-state index is 0.0459. The molecule has 8 heteroatoms. The molecule has 1 aromatic heterocycles. The molecule has 0 unspecified atom stereocenters. The minimum Gasteiger partial charge on any atom is -0.496 e. The number of nitrogens with zero attached hydrogens (tertiary/aromatic N) is 4. The van der Waals surface area contributed by atoms with E-state index in [-0.39, 0.29) is 5.69 Å². The van der Waals surface area contributed by atoms with E-state index in [9.17, 15) is 4.79 Å². The van der Waals surface area contributed by atoms with Gasteiger partial charge in [0.05, 0.1) is 19.5 Å². The first-order chi connectivity index (χ1) is 12.1. The van der Waals surface area contributed by atoms with Gasteiger partial charge in [0.15, 0.2) is 5.69 Å². The number of aromatic carboxylic acids is 1. The predicted octanol–water partition coefficient (Wildman–Crippen LogP) is 2.16. The number of hydrogen-bond acceptors (Lipinski definition) is 6. The summed E-state index contributed by atoms with van der Waals surface area (Å²) in [6.45, 7) is 4.07. The number of ether oxygens (including phenoxy) is 1. The zero-order valence-electron chi connectivity index (χ0n) is 13.9. The fourth-order valence-electron chi connectivity index (χ4n) is 2.84. The second-order valence-corrected chi connectivity index (χ2v) is 6.22. The van der Waals surface area contributed by atoms with Gasteiger partial charge in [0.2, 0.25) is 0 Å². The third-order valence-corrected chi connectivity index (χ3v) is 4.43. The van der Waals surface area contributed by atoms with Gasteiger partial charge in [-0.05, 0) is 18.2 Å². The first-order valence-corrected chi connectivity index (χ1v) is 8.29. The van der Waals surface area contributed by atoms with Crippen molar-refractivity contribution in [2.75, 3.05) is 38.2 Å². The zero-order chi connectivity index (χ0) is 17.8. The van der Waals surface area contributed by atoms with Crippen LogP contribution in [0.5, 0.6) is 5.75 Å². The summed E-state index contributed by atoms with van der Waals surface area (Å²) in [4.78, 5) is 23.4. The lowest BCUT2D eigenvalue weighted by Gasteiger charge is -2.35. The van der Waals surface area contributed by atoms with Gasteiger partial charge in [-0.2, -0.15) is 0 Å². The maximum Gasteiger partial charge on any atom is 0.356 e. The average Bonchev–Trinajstić information content (AvgIpc) is 2.63. The molecule has 0 amide bonds. The van der Waals surface area contributed by atoms with Gasteiger partial charge in [-0.15, -0.1) is 0 Å². The van der Waals surface area contributed by atoms with E-state index in [4.69, 9.17) is 21.4 Å². The van der Waals surface area contributed by atoms with Crippen molar-refractivity contribution in [1.82, 2.24) is 14.9 Å². The molecule has 1 aromatic carbocycles. The first-order valence-electron chi connectivity index (χ1n) is 7.92. The number of carboxylic acid groups (broad SMARTS) is 1. The van der Waals surface area contributed by atoms with Crippen LogP contribution in [0.2, 0.25) is 5.02 Å². The van der Waals surface area contributed by atoms with Crippen LogP contribution >= 0.6 is 11.6 Å². The second kappa shape index (κ2) is 7.67. The van der Waals surface area contributed by atoms with E-state index in [0.717, 1.165) is 44.0 Å². The highest BCUT2D eigenvalue weighted by molar-refractivity contribution is 6.30. The van der Waals surface area contributed by atoms with E-state index in [0.29, 0.717) is 10.8 Å². The van der Waals surface area contributed by atoms with Gasteiger partial charge in [-0.1, -0.05) is 11.6 Å². The molecule has 25 heavy (non-hydrogen) atoms. The van der Waals surface area contributed by atoms with Crippen molar-refractivity contribution in [3.63, 3.8) is 0 Å². The van der Waals surface area contributed by atoms with Gasteiger partial charge in [-0.3, -0.25) is 4.90 Å². The molecule has 1 aliphatic heterocycles. The van der Waals surface area contributed by atoms with Crippen LogP contribution in [0.4, 0.5) is 5.82 Å². The second-order valence-electron chi connectivity index (χ2n) is 5.78. The standard InChI is InChI=1S/C17H19ClN4O3/c1-25-15-3-2-13(18)8-12(15)11-21-4-6-22(7-5-21)16-10-19-14(9-20-16)17(23)24/h2-3,8-10H,4-7,11H2,1H3,(H,23,24). The molecular formula is C17H19ClN4O3. The lowest BCUT2D eigenvalue weighted by Crippen LogP contribution is -2.46. The van der Waals surface area contributed by atoms with Gasteiger partial charge in [0, 0.05) is 43.3 Å². The summed E-state index contributed by atoms with van der Waals surface area (Å²) in [6.07, 6.45) is 2.81. The summed E-state index contributed by atoms with van der Waals surface area (Å²) < 4.78 is 5.40. The first kappa shape index (κ1) is 17.4. The highest BCUT2D eigenvalue weighted by Gasteiger charge is 2.20. The monoisotopic (exact) mass is 362 g/mol. The molecule has 1 fully saturated rings. The normalized spacial score (nSPS) is 15.2. The largest absolute Gasteiger partial charge is 0.496 e. The van der Waals surface area contributed by atoms with Crippen molar-refractivity contribution >= 4 is 23.4 Å². The minimum atomic E-state index is -1.07. The molecule has 0 saturated carbocycles. The number of piperazine rings is 1. The summed E-state index contributed by atoms with van der Waals surface area (Å²) in [5.41, 5.74) is 1.02. The highest BCUT2D eigenvalue weighted by atomic mass is 35.5. The van der Waals surface area contributed by atoms with Crippen molar-refractivity contribution in [2.45, 2.75) is 6.54 Å². The van der Waals surface area contributed by atoms with Crippen LogP contribution in [0.1, 0.15) is 16.1 Å². The average molecular weight is 363 g/mol. The van der Waals surface area contributed by atoms with E-state index < -0.39 is 5.97 Å². The summed E-state index contributed by atoms with van der Waals surface area (Å²) in [5.74, 6) is 0.464. The molecule has 132 valence electrons. The molecule has 0 bridgehead atoms. The SMILES string of the molecule is COc1ccc(Cl)cc1CN1CCN(c2cnc(C(=O)O)cn2)CC1. The Hall–Kier alpha value is -2.38. The van der Waals surface area contributed by atoms with Crippen LogP contribution < -0.4 is 9.64 Å². The number of rotatable bonds is 5. The van der Waals surface area contributed by atoms with Gasteiger partial charge < -0.3 is 14.7 Å². The smallest absolute Gasteiger partial charge is 0.356 e. The topological polar surface area (TPSA) is 78.8 Å². The lowest BCUT2D eigenvalue weighted by atomic mass is 10.1. The molecule has 3 rings (SSSR count). The Balaban J connectivity index is 1.60. The van der Waals surface area contributed by atoms with Crippen molar-refractivity contribution in [2.24, 2.45) is 0 Å². The number of aromatic nitrogens is 2. The summed E-state index contributed by atoms with van der Waals surface area (Å²) in [6, 6.07) is 5.64. The lowest BCUT2D eigenvalue weighted by molar-refractivity contribution is 0.0690. The van der Waals surface area contributed by atoms with E-state index in [1.54, 1.807) is 7.11 Å². The number of hydrogen-bond donors (Lipinski definition) is 1. The number of carbonyl (C=O) groups is 1. The van der Waals surface area contributed by atoms with Gasteiger partial charge >= 0.3 is 5.97 Å². The molecule has 2 aromatic rings. The molecule has 1 saturated heterocycles. The van der Waals surface area contributed by atoms with Crippen LogP contribution in [0.25, 0.3) is 0 Å². The molecule has 0 atom stereocenters. The van der Waals surface area contributed by atoms with E-state index >= 15 is 0 Å². The molecule has 7 nitrogen and oxygen atoms in total. The van der Waals surface area contributed by atoms with Crippen LogP contribution in [-0.4, -0.2) is 59.2 Å². The molecule has 0 radical (unpaired) electrons. The summed E-state index contributed by atoms with van der Waals surface area (Å²) in [7, 11) is 1.66. The third-order valence-electron chi connectivity index (χ3n) is 4.19. The van der Waals surface area contributed by atoms with E-state index in [1.165, 1.54) is 12.4 Å². The number of carboxylic acids is 1. The fourth-order valence-corrected chi connectivity index (χ4v) is 3.04. The Labute approximate surface area is 150 Å². The number of halogens is 1.